The van der Waals surface area contributed by atoms with Gasteiger partial charge in [-0.25, -0.2) is 0 Å². The minimum Gasteiger partial charge on any atom is -0.502 e. The highest BCUT2D eigenvalue weighted by molar-refractivity contribution is 8.00. The van der Waals surface area contributed by atoms with Crippen LogP contribution in [-0.4, -0.2) is 33.2 Å². The first-order chi connectivity index (χ1) is 15.5. The lowest BCUT2D eigenvalue weighted by molar-refractivity contribution is 0.310. The Labute approximate surface area is 204 Å². The van der Waals surface area contributed by atoms with Gasteiger partial charge in [-0.1, -0.05) is 27.7 Å². The quantitative estimate of drug-likeness (QED) is 0.332. The van der Waals surface area contributed by atoms with Crippen molar-refractivity contribution < 1.29 is 19.0 Å². The second kappa shape index (κ2) is 12.6. The average molecular weight is 497 g/mol. The first kappa shape index (κ1) is 27.4. The third-order valence-electron chi connectivity index (χ3n) is 5.46. The van der Waals surface area contributed by atoms with E-state index in [4.69, 9.17) is 8.83 Å². The molecule has 0 unspecified atom stereocenters. The molecule has 0 fully saturated rings. The second-order valence-electron chi connectivity index (χ2n) is 9.95. The maximum atomic E-state index is 11.6. The first-order valence-corrected chi connectivity index (χ1v) is 13.6. The van der Waals surface area contributed by atoms with Crippen molar-refractivity contribution in [3.05, 3.63) is 56.6 Å². The van der Waals surface area contributed by atoms with E-state index in [1.165, 1.54) is 12.1 Å². The zero-order valence-electron chi connectivity index (χ0n) is 20.0. The van der Waals surface area contributed by atoms with Crippen LogP contribution in [0.15, 0.2) is 43.1 Å². The van der Waals surface area contributed by atoms with Gasteiger partial charge in [0.05, 0.1) is 0 Å². The molecule has 2 rings (SSSR count). The molecule has 2 N–H and O–H groups in total. The molecule has 0 bridgehead atoms. The largest absolute Gasteiger partial charge is 0.502 e. The summed E-state index contributed by atoms with van der Waals surface area (Å²) in [5, 5.41) is 18.6. The van der Waals surface area contributed by atoms with E-state index in [2.05, 4.69) is 27.7 Å². The second-order valence-corrected chi connectivity index (χ2v) is 12.4. The highest BCUT2D eigenvalue weighted by atomic mass is 32.2. The van der Waals surface area contributed by atoms with Gasteiger partial charge in [0.2, 0.25) is 10.9 Å². The van der Waals surface area contributed by atoms with E-state index in [1.807, 2.05) is 23.5 Å². The lowest BCUT2D eigenvalue weighted by Crippen LogP contribution is -2.17. The lowest BCUT2D eigenvalue weighted by Gasteiger charge is -2.24. The third kappa shape index (κ3) is 10.3. The smallest absolute Gasteiger partial charge is 0.226 e. The normalized spacial score (nSPS) is 12.2. The molecule has 0 amide bonds. The van der Waals surface area contributed by atoms with Crippen LogP contribution < -0.4 is 10.9 Å². The summed E-state index contributed by atoms with van der Waals surface area (Å²) in [7, 11) is 0. The Hall–Kier alpha value is -1.80. The molecule has 2 aromatic heterocycles. The molecular formula is C25H36O6S2. The number of hydrogen-bond donors (Lipinski definition) is 2. The maximum Gasteiger partial charge on any atom is 0.226 e. The van der Waals surface area contributed by atoms with Gasteiger partial charge in [-0.15, -0.1) is 0 Å². The van der Waals surface area contributed by atoms with E-state index in [9.17, 15) is 19.8 Å². The van der Waals surface area contributed by atoms with Gasteiger partial charge in [-0.2, -0.15) is 23.5 Å². The van der Waals surface area contributed by atoms with Crippen LogP contribution in [0.4, 0.5) is 0 Å². The zero-order valence-corrected chi connectivity index (χ0v) is 21.7. The monoisotopic (exact) mass is 496 g/mol. The fraction of sp³-hybridized carbons (Fsp3) is 0.600. The van der Waals surface area contributed by atoms with Gasteiger partial charge in [0.15, 0.2) is 11.5 Å². The van der Waals surface area contributed by atoms with Crippen LogP contribution in [0.3, 0.4) is 0 Å². The summed E-state index contributed by atoms with van der Waals surface area (Å²) in [5.74, 6) is 4.90. The predicted octanol–water partition coefficient (Wildman–Crippen LogP) is 5.48. The van der Waals surface area contributed by atoms with E-state index in [1.54, 1.807) is 0 Å². The zero-order chi connectivity index (χ0) is 24.5. The fourth-order valence-corrected chi connectivity index (χ4v) is 6.04. The van der Waals surface area contributed by atoms with Crippen molar-refractivity contribution in [2.24, 2.45) is 10.8 Å². The van der Waals surface area contributed by atoms with E-state index >= 15 is 0 Å². The van der Waals surface area contributed by atoms with E-state index in [0.717, 1.165) is 54.8 Å². The van der Waals surface area contributed by atoms with Crippen LogP contribution in [0.1, 0.15) is 58.5 Å². The highest BCUT2D eigenvalue weighted by Crippen LogP contribution is 2.29. The lowest BCUT2D eigenvalue weighted by atomic mass is 9.85. The van der Waals surface area contributed by atoms with Gasteiger partial charge < -0.3 is 19.0 Å². The van der Waals surface area contributed by atoms with Gasteiger partial charge in [0.1, 0.15) is 24.0 Å². The SMILES string of the molecule is CC(C)(CCSCCCSCCC(C)(C)Cc1cc(=O)c(O)co1)Cc1cc(=O)c(O)co1. The topological polar surface area (TPSA) is 101 Å². The summed E-state index contributed by atoms with van der Waals surface area (Å²) in [6.07, 6.45) is 6.78. The minimum absolute atomic E-state index is 0.0247. The maximum absolute atomic E-state index is 11.6. The molecule has 0 saturated heterocycles. The van der Waals surface area contributed by atoms with Crippen molar-refractivity contribution in [3.8, 4) is 11.5 Å². The van der Waals surface area contributed by atoms with Crippen molar-refractivity contribution in [3.63, 3.8) is 0 Å². The molecule has 0 spiro atoms. The standard InChI is InChI=1S/C25H36O6S2/c1-24(2,14-18-12-20(26)22(28)16-30-18)6-10-32-8-5-9-33-11-7-25(3,4)15-19-13-21(27)23(29)17-31-19/h12-13,16-17,28-29H,5-11,14-15H2,1-4H3. The molecule has 6 nitrogen and oxygen atoms in total. The van der Waals surface area contributed by atoms with Crippen LogP contribution >= 0.6 is 23.5 Å². The molecule has 0 aliphatic carbocycles. The van der Waals surface area contributed by atoms with Gasteiger partial charge in [0.25, 0.3) is 0 Å². The van der Waals surface area contributed by atoms with Crippen molar-refractivity contribution in [1.82, 2.24) is 0 Å². The van der Waals surface area contributed by atoms with E-state index < -0.39 is 10.9 Å². The molecule has 2 heterocycles. The Balaban J connectivity index is 1.56. The third-order valence-corrected chi connectivity index (χ3v) is 7.60. The van der Waals surface area contributed by atoms with Crippen LogP contribution in [0.5, 0.6) is 11.5 Å². The fourth-order valence-electron chi connectivity index (χ4n) is 3.36. The van der Waals surface area contributed by atoms with Crippen molar-refractivity contribution in [2.45, 2.75) is 59.8 Å². The van der Waals surface area contributed by atoms with Gasteiger partial charge in [0, 0.05) is 25.0 Å². The molecule has 8 heteroatoms. The summed E-state index contributed by atoms with van der Waals surface area (Å²) in [5.41, 5.74) is -0.739. The first-order valence-electron chi connectivity index (χ1n) is 11.2. The Morgan fingerprint density at radius 2 is 1.12 bits per heavy atom. The van der Waals surface area contributed by atoms with Crippen LogP contribution in [0.2, 0.25) is 0 Å². The number of hydrogen-bond acceptors (Lipinski definition) is 8. The molecule has 0 aliphatic rings. The Bertz CT molecular complexity index is 913. The van der Waals surface area contributed by atoms with Crippen LogP contribution in [0, 0.1) is 10.8 Å². The Kier molecular flexibility index (Phi) is 10.5. The molecule has 0 radical (unpaired) electrons. The average Bonchev–Trinajstić information content (AvgIpc) is 2.71. The molecule has 0 aromatic carbocycles. The van der Waals surface area contributed by atoms with E-state index in [-0.39, 0.29) is 22.3 Å². The van der Waals surface area contributed by atoms with Crippen LogP contribution in [-0.2, 0) is 12.8 Å². The number of aromatic hydroxyl groups is 2. The molecular weight excluding hydrogens is 460 g/mol. The van der Waals surface area contributed by atoms with Gasteiger partial charge in [-0.05, 0) is 53.1 Å². The number of rotatable bonds is 14. The van der Waals surface area contributed by atoms with Crippen LogP contribution in [0.25, 0.3) is 0 Å². The van der Waals surface area contributed by atoms with Gasteiger partial charge in [-0.3, -0.25) is 9.59 Å². The van der Waals surface area contributed by atoms with E-state index in [0.29, 0.717) is 24.4 Å². The minimum atomic E-state index is -0.394. The van der Waals surface area contributed by atoms with Crippen molar-refractivity contribution in [2.75, 3.05) is 23.0 Å². The summed E-state index contributed by atoms with van der Waals surface area (Å²) in [6.45, 7) is 8.67. The van der Waals surface area contributed by atoms with Crippen molar-refractivity contribution in [1.29, 1.82) is 0 Å². The molecule has 33 heavy (non-hydrogen) atoms. The van der Waals surface area contributed by atoms with Gasteiger partial charge >= 0.3 is 0 Å². The molecule has 0 aliphatic heterocycles. The summed E-state index contributed by atoms with van der Waals surface area (Å²) in [6, 6.07) is 2.76. The highest BCUT2D eigenvalue weighted by Gasteiger charge is 2.21. The Morgan fingerprint density at radius 3 is 1.48 bits per heavy atom. The molecule has 184 valence electrons. The Morgan fingerprint density at radius 1 is 0.727 bits per heavy atom. The molecule has 0 atom stereocenters. The summed E-state index contributed by atoms with van der Waals surface area (Å²) >= 11 is 3.91. The molecule has 0 saturated carbocycles. The summed E-state index contributed by atoms with van der Waals surface area (Å²) in [4.78, 5) is 23.1. The van der Waals surface area contributed by atoms with Crippen molar-refractivity contribution >= 4 is 23.5 Å². The molecule has 2 aromatic rings. The summed E-state index contributed by atoms with van der Waals surface area (Å²) < 4.78 is 10.7. The number of thioether (sulfide) groups is 2. The predicted molar refractivity (Wildman–Crippen MR) is 137 cm³/mol.